The molecule has 3 aromatic rings. The first kappa shape index (κ1) is 19.9. The van der Waals surface area contributed by atoms with Crippen LogP contribution in [0.25, 0.3) is 10.9 Å². The van der Waals surface area contributed by atoms with Crippen LogP contribution in [0.1, 0.15) is 37.2 Å². The standard InChI is InChI=1S/C24H26N4O2/c25-22(29)9-11-24(30)26-20-7-8-21-19(16-20)6-10-23(27-21)28-14-12-18(13-15-28)17-4-2-1-3-5-17/h1-8,10,16,18H,9,11-15H2,(H2,25,29)(H,26,30). The number of carbonyl (C=O) groups is 2. The summed E-state index contributed by atoms with van der Waals surface area (Å²) in [4.78, 5) is 29.9. The summed E-state index contributed by atoms with van der Waals surface area (Å²) < 4.78 is 0. The molecule has 1 fully saturated rings. The van der Waals surface area contributed by atoms with E-state index in [-0.39, 0.29) is 18.7 Å². The molecule has 3 N–H and O–H groups in total. The van der Waals surface area contributed by atoms with E-state index >= 15 is 0 Å². The zero-order chi connectivity index (χ0) is 20.9. The van der Waals surface area contributed by atoms with Gasteiger partial charge in [-0.25, -0.2) is 4.98 Å². The second-order valence-electron chi connectivity index (χ2n) is 7.76. The summed E-state index contributed by atoms with van der Waals surface area (Å²) in [5, 5.41) is 3.77. The molecular formula is C24H26N4O2. The number of carbonyl (C=O) groups excluding carboxylic acids is 2. The number of hydrogen-bond donors (Lipinski definition) is 2. The van der Waals surface area contributed by atoms with Gasteiger partial charge in [-0.05, 0) is 54.7 Å². The van der Waals surface area contributed by atoms with Crippen molar-refractivity contribution >= 4 is 34.2 Å². The van der Waals surface area contributed by atoms with Gasteiger partial charge in [0.1, 0.15) is 5.82 Å². The van der Waals surface area contributed by atoms with Crippen molar-refractivity contribution in [3.05, 3.63) is 66.2 Å². The lowest BCUT2D eigenvalue weighted by atomic mass is 9.89. The molecule has 4 rings (SSSR count). The molecule has 30 heavy (non-hydrogen) atoms. The molecule has 2 heterocycles. The van der Waals surface area contributed by atoms with Crippen molar-refractivity contribution in [2.75, 3.05) is 23.3 Å². The lowest BCUT2D eigenvalue weighted by molar-refractivity contribution is -0.122. The summed E-state index contributed by atoms with van der Waals surface area (Å²) in [5.41, 5.74) is 8.10. The Morgan fingerprint density at radius 2 is 1.77 bits per heavy atom. The molecular weight excluding hydrogens is 376 g/mol. The van der Waals surface area contributed by atoms with E-state index in [0.29, 0.717) is 11.6 Å². The largest absolute Gasteiger partial charge is 0.370 e. The van der Waals surface area contributed by atoms with Crippen LogP contribution in [-0.2, 0) is 9.59 Å². The SMILES string of the molecule is NC(=O)CCC(=O)Nc1ccc2nc(N3CCC(c4ccccc4)CC3)ccc2c1. The second-order valence-corrected chi connectivity index (χ2v) is 7.76. The zero-order valence-corrected chi connectivity index (χ0v) is 16.9. The normalized spacial score (nSPS) is 14.6. The molecule has 0 saturated carbocycles. The number of nitrogens with one attached hydrogen (secondary N) is 1. The third-order valence-corrected chi connectivity index (χ3v) is 5.65. The van der Waals surface area contributed by atoms with Crippen molar-refractivity contribution in [3.63, 3.8) is 0 Å². The fourth-order valence-electron chi connectivity index (χ4n) is 4.00. The minimum Gasteiger partial charge on any atom is -0.370 e. The van der Waals surface area contributed by atoms with Gasteiger partial charge in [0, 0.05) is 37.0 Å². The smallest absolute Gasteiger partial charge is 0.224 e. The van der Waals surface area contributed by atoms with Gasteiger partial charge in [0.25, 0.3) is 0 Å². The Bertz CT molecular complexity index is 1040. The third-order valence-electron chi connectivity index (χ3n) is 5.65. The molecule has 0 spiro atoms. The molecule has 0 aliphatic carbocycles. The van der Waals surface area contributed by atoms with Gasteiger partial charge in [-0.2, -0.15) is 0 Å². The van der Waals surface area contributed by atoms with Crippen LogP contribution < -0.4 is 16.0 Å². The number of piperidine rings is 1. The molecule has 2 aromatic carbocycles. The van der Waals surface area contributed by atoms with Gasteiger partial charge in [-0.3, -0.25) is 9.59 Å². The number of nitrogens with two attached hydrogens (primary N) is 1. The first-order valence-electron chi connectivity index (χ1n) is 10.4. The van der Waals surface area contributed by atoms with Crippen LogP contribution in [0.3, 0.4) is 0 Å². The molecule has 154 valence electrons. The van der Waals surface area contributed by atoms with Crippen molar-refractivity contribution < 1.29 is 9.59 Å². The van der Waals surface area contributed by atoms with E-state index in [0.717, 1.165) is 42.7 Å². The maximum atomic E-state index is 11.9. The van der Waals surface area contributed by atoms with E-state index in [9.17, 15) is 9.59 Å². The Kier molecular flexibility index (Phi) is 5.93. The molecule has 1 saturated heterocycles. The predicted octanol–water partition coefficient (Wildman–Crippen LogP) is 3.82. The summed E-state index contributed by atoms with van der Waals surface area (Å²) in [6, 6.07) is 20.5. The molecule has 1 aromatic heterocycles. The molecule has 1 aliphatic heterocycles. The highest BCUT2D eigenvalue weighted by Gasteiger charge is 2.21. The number of hydrogen-bond acceptors (Lipinski definition) is 4. The molecule has 6 nitrogen and oxygen atoms in total. The third kappa shape index (κ3) is 4.76. The van der Waals surface area contributed by atoms with E-state index < -0.39 is 5.91 Å². The highest BCUT2D eigenvalue weighted by molar-refractivity contribution is 5.95. The maximum absolute atomic E-state index is 11.9. The van der Waals surface area contributed by atoms with Gasteiger partial charge in [0.15, 0.2) is 0 Å². The van der Waals surface area contributed by atoms with Gasteiger partial charge >= 0.3 is 0 Å². The topological polar surface area (TPSA) is 88.3 Å². The summed E-state index contributed by atoms with van der Waals surface area (Å²) >= 11 is 0. The van der Waals surface area contributed by atoms with Crippen LogP contribution in [0.4, 0.5) is 11.5 Å². The zero-order valence-electron chi connectivity index (χ0n) is 16.9. The summed E-state index contributed by atoms with van der Waals surface area (Å²) in [7, 11) is 0. The summed E-state index contributed by atoms with van der Waals surface area (Å²) in [5.74, 6) is 0.906. The van der Waals surface area contributed by atoms with Gasteiger partial charge in [-0.1, -0.05) is 30.3 Å². The van der Waals surface area contributed by atoms with E-state index in [1.165, 1.54) is 5.56 Å². The number of amides is 2. The number of anilines is 2. The number of fused-ring (bicyclic) bond motifs is 1. The molecule has 2 amide bonds. The minimum absolute atomic E-state index is 0.0469. The predicted molar refractivity (Wildman–Crippen MR) is 119 cm³/mol. The van der Waals surface area contributed by atoms with Crippen LogP contribution in [0, 0.1) is 0 Å². The quantitative estimate of drug-likeness (QED) is 0.656. The summed E-state index contributed by atoms with van der Waals surface area (Å²) in [6.07, 6.45) is 2.38. The molecule has 0 radical (unpaired) electrons. The molecule has 1 aliphatic rings. The number of primary amides is 1. The average molecular weight is 402 g/mol. The van der Waals surface area contributed by atoms with Gasteiger partial charge < -0.3 is 16.0 Å². The highest BCUT2D eigenvalue weighted by Crippen LogP contribution is 2.30. The second kappa shape index (κ2) is 8.95. The molecule has 0 unspecified atom stereocenters. The van der Waals surface area contributed by atoms with Gasteiger partial charge in [0.2, 0.25) is 11.8 Å². The van der Waals surface area contributed by atoms with Crippen molar-refractivity contribution in [1.82, 2.24) is 4.98 Å². The van der Waals surface area contributed by atoms with Crippen LogP contribution in [0.5, 0.6) is 0 Å². The molecule has 6 heteroatoms. The van der Waals surface area contributed by atoms with Gasteiger partial charge in [-0.15, -0.1) is 0 Å². The van der Waals surface area contributed by atoms with Crippen LogP contribution >= 0.6 is 0 Å². The monoisotopic (exact) mass is 402 g/mol. The lowest BCUT2D eigenvalue weighted by Gasteiger charge is -2.33. The Morgan fingerprint density at radius 3 is 2.50 bits per heavy atom. The van der Waals surface area contributed by atoms with Crippen LogP contribution in [-0.4, -0.2) is 29.9 Å². The lowest BCUT2D eigenvalue weighted by Crippen LogP contribution is -2.33. The molecule has 0 atom stereocenters. The van der Waals surface area contributed by atoms with E-state index in [4.69, 9.17) is 10.7 Å². The van der Waals surface area contributed by atoms with Crippen LogP contribution in [0.15, 0.2) is 60.7 Å². The Morgan fingerprint density at radius 1 is 1.00 bits per heavy atom. The maximum Gasteiger partial charge on any atom is 0.224 e. The van der Waals surface area contributed by atoms with E-state index in [1.54, 1.807) is 0 Å². The van der Waals surface area contributed by atoms with E-state index in [2.05, 4.69) is 40.5 Å². The number of benzene rings is 2. The number of rotatable bonds is 6. The first-order chi connectivity index (χ1) is 14.6. The van der Waals surface area contributed by atoms with Crippen molar-refractivity contribution in [2.45, 2.75) is 31.6 Å². The number of aromatic nitrogens is 1. The summed E-state index contributed by atoms with van der Waals surface area (Å²) in [6.45, 7) is 1.98. The Balaban J connectivity index is 1.40. The molecule has 0 bridgehead atoms. The fourth-order valence-corrected chi connectivity index (χ4v) is 4.00. The first-order valence-corrected chi connectivity index (χ1v) is 10.4. The number of pyridine rings is 1. The van der Waals surface area contributed by atoms with Crippen molar-refractivity contribution in [1.29, 1.82) is 0 Å². The van der Waals surface area contributed by atoms with Crippen molar-refractivity contribution in [3.8, 4) is 0 Å². The van der Waals surface area contributed by atoms with E-state index in [1.807, 2.05) is 30.3 Å². The van der Waals surface area contributed by atoms with Crippen molar-refractivity contribution in [2.24, 2.45) is 5.73 Å². The van der Waals surface area contributed by atoms with Crippen LogP contribution in [0.2, 0.25) is 0 Å². The van der Waals surface area contributed by atoms with Gasteiger partial charge in [0.05, 0.1) is 5.52 Å². The number of nitrogens with zero attached hydrogens (tertiary/aromatic N) is 2. The average Bonchev–Trinajstić information content (AvgIpc) is 2.78. The Hall–Kier alpha value is -3.41. The Labute approximate surface area is 176 Å². The highest BCUT2D eigenvalue weighted by atomic mass is 16.2. The fraction of sp³-hybridized carbons (Fsp3) is 0.292. The minimum atomic E-state index is -0.479.